The smallest absolute Gasteiger partial charge is 0.344 e. The zero-order valence-electron chi connectivity index (χ0n) is 17.7. The molecule has 1 aromatic carbocycles. The molecule has 2 fully saturated rings. The van der Waals surface area contributed by atoms with Gasteiger partial charge in [0.15, 0.2) is 0 Å². The van der Waals surface area contributed by atoms with Crippen LogP contribution < -0.4 is 4.74 Å². The van der Waals surface area contributed by atoms with Crippen molar-refractivity contribution in [2.75, 3.05) is 0 Å². The minimum absolute atomic E-state index is 0.116. The van der Waals surface area contributed by atoms with Gasteiger partial charge in [-0.1, -0.05) is 57.6 Å². The first kappa shape index (κ1) is 22.2. The first-order chi connectivity index (χ1) is 14.0. The maximum Gasteiger partial charge on any atom is 0.344 e. The van der Waals surface area contributed by atoms with Gasteiger partial charge < -0.3 is 4.74 Å². The van der Waals surface area contributed by atoms with E-state index in [2.05, 4.69) is 11.7 Å². The number of rotatable bonds is 8. The summed E-state index contributed by atoms with van der Waals surface area (Å²) in [4.78, 5) is 0. The number of ether oxygens (including phenoxy) is 1. The predicted molar refractivity (Wildman–Crippen MR) is 112 cm³/mol. The van der Waals surface area contributed by atoms with E-state index in [-0.39, 0.29) is 5.75 Å². The van der Waals surface area contributed by atoms with Crippen molar-refractivity contribution >= 4 is 0 Å². The maximum absolute atomic E-state index is 12.9. The molecule has 0 spiro atoms. The van der Waals surface area contributed by atoms with Crippen LogP contribution in [0.25, 0.3) is 0 Å². The fourth-order valence-electron chi connectivity index (χ4n) is 5.83. The molecule has 2 aliphatic carbocycles. The summed E-state index contributed by atoms with van der Waals surface area (Å²) >= 11 is 0. The van der Waals surface area contributed by atoms with Gasteiger partial charge in [0.2, 0.25) is 0 Å². The van der Waals surface area contributed by atoms with Gasteiger partial charge in [0.05, 0.1) is 0 Å². The number of hydrogen-bond donors (Lipinski definition) is 0. The van der Waals surface area contributed by atoms with Crippen LogP contribution in [0.15, 0.2) is 36.4 Å². The Balaban J connectivity index is 1.58. The molecule has 0 bridgehead atoms. The van der Waals surface area contributed by atoms with E-state index < -0.39 is 12.1 Å². The Morgan fingerprint density at radius 1 is 0.931 bits per heavy atom. The van der Waals surface area contributed by atoms with Gasteiger partial charge in [-0.15, -0.1) is 0 Å². The first-order valence-electron chi connectivity index (χ1n) is 11.5. The molecule has 2 saturated carbocycles. The minimum Gasteiger partial charge on any atom is -0.428 e. The SMILES string of the molecule is CCCCCC1([C@H]2CC[C@H](c3ccc(OC(F)=C(F)F)cc3)CC2)CCCCC1. The zero-order chi connectivity index (χ0) is 20.7. The Bertz CT molecular complexity index is 649. The third kappa shape index (κ3) is 5.79. The number of hydrogen-bond acceptors (Lipinski definition) is 1. The molecule has 1 nitrogen and oxygen atoms in total. The Labute approximate surface area is 173 Å². The van der Waals surface area contributed by atoms with E-state index in [1.54, 1.807) is 12.1 Å². The molecule has 0 heterocycles. The normalized spacial score (nSPS) is 24.1. The summed E-state index contributed by atoms with van der Waals surface area (Å²) in [6.45, 7) is 2.29. The summed E-state index contributed by atoms with van der Waals surface area (Å²) in [5, 5.41) is 0. The van der Waals surface area contributed by atoms with Gasteiger partial charge in [-0.2, -0.15) is 13.2 Å². The minimum atomic E-state index is -2.43. The second-order valence-corrected chi connectivity index (χ2v) is 9.13. The molecule has 4 heteroatoms. The van der Waals surface area contributed by atoms with E-state index in [1.807, 2.05) is 12.1 Å². The number of benzene rings is 1. The van der Waals surface area contributed by atoms with Crippen LogP contribution in [-0.2, 0) is 0 Å². The van der Waals surface area contributed by atoms with Gasteiger partial charge in [-0.25, -0.2) is 0 Å². The molecule has 162 valence electrons. The standard InChI is InChI=1S/C25H35F3O/c1-2-3-5-16-25(17-6-4-7-18-25)21-12-8-19(9-13-21)20-10-14-22(15-11-20)29-24(28)23(26)27/h10-11,14-15,19,21H,2-9,12-13,16-18H2,1H3/t19-,21-. The van der Waals surface area contributed by atoms with Gasteiger partial charge >= 0.3 is 12.1 Å². The van der Waals surface area contributed by atoms with Crippen LogP contribution in [0.3, 0.4) is 0 Å². The molecule has 0 aromatic heterocycles. The molecule has 0 N–H and O–H groups in total. The van der Waals surface area contributed by atoms with Gasteiger partial charge in [0.1, 0.15) is 5.75 Å². The highest BCUT2D eigenvalue weighted by Crippen LogP contribution is 2.53. The lowest BCUT2D eigenvalue weighted by Crippen LogP contribution is -2.35. The quantitative estimate of drug-likeness (QED) is 0.308. The van der Waals surface area contributed by atoms with Gasteiger partial charge in [-0.3, -0.25) is 0 Å². The second kappa shape index (κ2) is 10.5. The van der Waals surface area contributed by atoms with Crippen molar-refractivity contribution in [1.82, 2.24) is 0 Å². The second-order valence-electron chi connectivity index (χ2n) is 9.13. The van der Waals surface area contributed by atoms with E-state index in [0.717, 1.165) is 5.92 Å². The molecule has 0 unspecified atom stereocenters. The Kier molecular flexibility index (Phi) is 8.08. The lowest BCUT2D eigenvalue weighted by Gasteiger charge is -2.47. The summed E-state index contributed by atoms with van der Waals surface area (Å²) in [6, 6.07) is 5.18. The van der Waals surface area contributed by atoms with Crippen molar-refractivity contribution in [3.05, 3.63) is 41.9 Å². The number of halogens is 3. The summed E-state index contributed by atoms with van der Waals surface area (Å²) < 4.78 is 41.8. The lowest BCUT2D eigenvalue weighted by atomic mass is 9.58. The zero-order valence-corrected chi connectivity index (χ0v) is 17.7. The highest BCUT2D eigenvalue weighted by Gasteiger charge is 2.40. The summed E-state index contributed by atoms with van der Waals surface area (Å²) in [5.41, 5.74) is 1.79. The summed E-state index contributed by atoms with van der Waals surface area (Å²) in [5.74, 6) is 1.48. The van der Waals surface area contributed by atoms with Crippen molar-refractivity contribution in [2.45, 2.75) is 96.3 Å². The van der Waals surface area contributed by atoms with E-state index in [1.165, 1.54) is 89.0 Å². The molecule has 0 saturated heterocycles. The summed E-state index contributed by atoms with van der Waals surface area (Å²) in [6.07, 6.45) is 15.0. The third-order valence-corrected chi connectivity index (χ3v) is 7.43. The molecule has 0 atom stereocenters. The first-order valence-corrected chi connectivity index (χ1v) is 11.5. The summed E-state index contributed by atoms with van der Waals surface area (Å²) in [7, 11) is 0. The van der Waals surface area contributed by atoms with Crippen LogP contribution in [0.5, 0.6) is 5.75 Å². The number of unbranched alkanes of at least 4 members (excludes halogenated alkanes) is 2. The average molecular weight is 409 g/mol. The fraction of sp³-hybridized carbons (Fsp3) is 0.680. The van der Waals surface area contributed by atoms with Crippen molar-refractivity contribution in [3.63, 3.8) is 0 Å². The Hall–Kier alpha value is -1.45. The highest BCUT2D eigenvalue weighted by molar-refractivity contribution is 5.30. The largest absolute Gasteiger partial charge is 0.428 e. The molecule has 0 radical (unpaired) electrons. The van der Waals surface area contributed by atoms with Crippen LogP contribution in [-0.4, -0.2) is 0 Å². The molecule has 29 heavy (non-hydrogen) atoms. The average Bonchev–Trinajstić information content (AvgIpc) is 2.75. The van der Waals surface area contributed by atoms with Gasteiger partial charge in [0, 0.05) is 0 Å². The molecule has 0 amide bonds. The van der Waals surface area contributed by atoms with E-state index >= 15 is 0 Å². The fourth-order valence-corrected chi connectivity index (χ4v) is 5.83. The Morgan fingerprint density at radius 3 is 2.17 bits per heavy atom. The van der Waals surface area contributed by atoms with Crippen LogP contribution in [0.4, 0.5) is 13.2 Å². The topological polar surface area (TPSA) is 9.23 Å². The molecule has 0 aliphatic heterocycles. The van der Waals surface area contributed by atoms with E-state index in [9.17, 15) is 13.2 Å². The van der Waals surface area contributed by atoms with E-state index in [0.29, 0.717) is 11.3 Å². The molecule has 1 aromatic rings. The lowest BCUT2D eigenvalue weighted by molar-refractivity contribution is 0.0507. The van der Waals surface area contributed by atoms with Crippen molar-refractivity contribution in [2.24, 2.45) is 11.3 Å². The van der Waals surface area contributed by atoms with Gasteiger partial charge in [-0.05, 0) is 79.9 Å². The van der Waals surface area contributed by atoms with Crippen LogP contribution >= 0.6 is 0 Å². The van der Waals surface area contributed by atoms with Crippen LogP contribution in [0.2, 0.25) is 0 Å². The van der Waals surface area contributed by atoms with E-state index in [4.69, 9.17) is 0 Å². The van der Waals surface area contributed by atoms with Crippen molar-refractivity contribution in [1.29, 1.82) is 0 Å². The predicted octanol–water partition coefficient (Wildman–Crippen LogP) is 8.91. The molecule has 2 aliphatic rings. The van der Waals surface area contributed by atoms with Crippen molar-refractivity contribution < 1.29 is 17.9 Å². The maximum atomic E-state index is 12.9. The molecular formula is C25H35F3O. The third-order valence-electron chi connectivity index (χ3n) is 7.43. The van der Waals surface area contributed by atoms with Crippen LogP contribution in [0.1, 0.15) is 102 Å². The monoisotopic (exact) mass is 408 g/mol. The van der Waals surface area contributed by atoms with Gasteiger partial charge in [0.25, 0.3) is 0 Å². The Morgan fingerprint density at radius 2 is 1.59 bits per heavy atom. The molecular weight excluding hydrogens is 373 g/mol. The highest BCUT2D eigenvalue weighted by atomic mass is 19.3. The molecule has 3 rings (SSSR count). The van der Waals surface area contributed by atoms with Crippen LogP contribution in [0, 0.1) is 11.3 Å². The van der Waals surface area contributed by atoms with Crippen molar-refractivity contribution in [3.8, 4) is 5.75 Å².